The Bertz CT molecular complexity index is 1520. The molecule has 41 heavy (non-hydrogen) atoms. The van der Waals surface area contributed by atoms with Gasteiger partial charge in [0, 0.05) is 17.0 Å². The zero-order valence-electron chi connectivity index (χ0n) is 22.8. The van der Waals surface area contributed by atoms with Gasteiger partial charge in [0.2, 0.25) is 11.1 Å². The molecule has 0 amide bonds. The maximum Gasteiger partial charge on any atom is 0.338 e. The number of hydrogen-bond donors (Lipinski definition) is 1. The van der Waals surface area contributed by atoms with Crippen LogP contribution < -0.4 is 10.1 Å². The summed E-state index contributed by atoms with van der Waals surface area (Å²) in [7, 11) is 0. The van der Waals surface area contributed by atoms with Crippen LogP contribution in [0.3, 0.4) is 0 Å². The topological polar surface area (TPSA) is 78.3 Å². The molecular weight excluding hydrogens is 563 g/mol. The fraction of sp³-hybridized carbons (Fsp3) is 0.258. The molecule has 1 aromatic heterocycles. The zero-order valence-corrected chi connectivity index (χ0v) is 24.3. The van der Waals surface area contributed by atoms with Gasteiger partial charge < -0.3 is 14.8 Å². The Morgan fingerprint density at radius 3 is 2.59 bits per heavy atom. The van der Waals surface area contributed by atoms with Gasteiger partial charge >= 0.3 is 5.97 Å². The number of nitrogens with zero attached hydrogens (tertiary/aromatic N) is 3. The second kappa shape index (κ2) is 13.2. The van der Waals surface area contributed by atoms with Crippen LogP contribution in [0.4, 0.5) is 10.3 Å². The molecular formula is C31H30ClFN4O3S. The maximum atomic E-state index is 14.2. The average molecular weight is 593 g/mol. The lowest BCUT2D eigenvalue weighted by molar-refractivity contribution is -0.140. The maximum absolute atomic E-state index is 14.2. The normalized spacial score (nSPS) is 14.4. The van der Waals surface area contributed by atoms with Gasteiger partial charge in [0.25, 0.3) is 0 Å². The van der Waals surface area contributed by atoms with Crippen LogP contribution in [0, 0.1) is 5.82 Å². The van der Waals surface area contributed by atoms with Crippen molar-refractivity contribution in [3.63, 3.8) is 0 Å². The first-order valence-corrected chi connectivity index (χ1v) is 14.7. The van der Waals surface area contributed by atoms with Crippen LogP contribution in [-0.4, -0.2) is 26.5 Å². The van der Waals surface area contributed by atoms with Crippen molar-refractivity contribution < 1.29 is 18.7 Å². The predicted molar refractivity (Wildman–Crippen MR) is 159 cm³/mol. The van der Waals surface area contributed by atoms with E-state index in [4.69, 9.17) is 26.2 Å². The van der Waals surface area contributed by atoms with Crippen molar-refractivity contribution in [1.82, 2.24) is 14.8 Å². The quantitative estimate of drug-likeness (QED) is 0.109. The Balaban J connectivity index is 1.41. The van der Waals surface area contributed by atoms with E-state index in [0.29, 0.717) is 38.7 Å². The summed E-state index contributed by atoms with van der Waals surface area (Å²) >= 11 is 7.73. The van der Waals surface area contributed by atoms with E-state index in [9.17, 15) is 9.18 Å². The molecule has 4 aromatic rings. The smallest absolute Gasteiger partial charge is 0.338 e. The van der Waals surface area contributed by atoms with Gasteiger partial charge in [-0.2, -0.15) is 4.98 Å². The van der Waals surface area contributed by atoms with Crippen LogP contribution in [0.2, 0.25) is 5.02 Å². The number of aromatic nitrogens is 3. The highest BCUT2D eigenvalue weighted by molar-refractivity contribution is 7.99. The molecule has 1 aliphatic heterocycles. The molecule has 3 aromatic carbocycles. The number of benzene rings is 3. The molecule has 0 saturated heterocycles. The molecule has 0 radical (unpaired) electrons. The number of carbonyl (C=O) groups excluding carboxylic acids is 1. The molecule has 212 valence electrons. The number of anilines is 1. The first-order valence-electron chi connectivity index (χ1n) is 13.4. The van der Waals surface area contributed by atoms with E-state index >= 15 is 0 Å². The van der Waals surface area contributed by atoms with Crippen molar-refractivity contribution in [2.24, 2.45) is 0 Å². The Morgan fingerprint density at radius 1 is 1.07 bits per heavy atom. The molecule has 1 unspecified atom stereocenters. The molecule has 0 spiro atoms. The number of halogens is 2. The van der Waals surface area contributed by atoms with E-state index < -0.39 is 17.8 Å². The largest absolute Gasteiger partial charge is 0.489 e. The molecule has 0 aliphatic carbocycles. The van der Waals surface area contributed by atoms with E-state index in [2.05, 4.69) is 17.2 Å². The standard InChI is InChI=1S/C31H30ClFN4O3S/c1-3-4-17-41-31-35-30-34-20(2)27(29(38)40-18-21-9-6-5-7-10-21)28(37(30)36-31)22-13-15-23(16-14-22)39-19-24-25(32)11-8-12-26(24)33/h5-16,28H,3-4,17-19H2,1-2H3,(H,34,35,36). The molecule has 1 atom stereocenters. The minimum atomic E-state index is -0.572. The molecule has 5 rings (SSSR count). The highest BCUT2D eigenvalue weighted by Gasteiger charge is 2.35. The minimum absolute atomic E-state index is 0.0140. The number of allylic oxidation sites excluding steroid dienone is 1. The zero-order chi connectivity index (χ0) is 28.8. The van der Waals surface area contributed by atoms with Crippen molar-refractivity contribution in [2.75, 3.05) is 11.1 Å². The summed E-state index contributed by atoms with van der Waals surface area (Å²) in [5, 5.41) is 8.95. The lowest BCUT2D eigenvalue weighted by Crippen LogP contribution is -2.29. The number of ether oxygens (including phenoxy) is 2. The molecule has 0 bridgehead atoms. The monoisotopic (exact) mass is 592 g/mol. The molecule has 0 saturated carbocycles. The number of fused-ring (bicyclic) bond motifs is 1. The van der Waals surface area contributed by atoms with Crippen molar-refractivity contribution in [3.8, 4) is 5.75 Å². The third-order valence-corrected chi connectivity index (χ3v) is 7.91. The fourth-order valence-electron chi connectivity index (χ4n) is 4.45. The van der Waals surface area contributed by atoms with Crippen molar-refractivity contribution in [2.45, 2.75) is 51.1 Å². The van der Waals surface area contributed by atoms with Gasteiger partial charge in [-0.15, -0.1) is 5.10 Å². The van der Waals surface area contributed by atoms with Crippen molar-refractivity contribution in [1.29, 1.82) is 0 Å². The number of nitrogens with one attached hydrogen (secondary N) is 1. The summed E-state index contributed by atoms with van der Waals surface area (Å²) in [6, 6.07) is 20.8. The van der Waals surface area contributed by atoms with Gasteiger partial charge in [-0.1, -0.05) is 85.2 Å². The number of unbranched alkanes of at least 4 members (excludes halogenated alkanes) is 1. The first-order chi connectivity index (χ1) is 19.9. The van der Waals surface area contributed by atoms with Gasteiger partial charge in [0.1, 0.15) is 30.8 Å². The van der Waals surface area contributed by atoms with E-state index in [0.717, 1.165) is 29.7 Å². The highest BCUT2D eigenvalue weighted by Crippen LogP contribution is 2.37. The van der Waals surface area contributed by atoms with E-state index in [1.165, 1.54) is 6.07 Å². The van der Waals surface area contributed by atoms with Crippen LogP contribution >= 0.6 is 23.4 Å². The second-order valence-corrected chi connectivity index (χ2v) is 11.0. The Morgan fingerprint density at radius 2 is 1.85 bits per heavy atom. The van der Waals surface area contributed by atoms with Crippen molar-refractivity contribution in [3.05, 3.63) is 112 Å². The number of carbonyl (C=O) groups is 1. The van der Waals surface area contributed by atoms with Crippen LogP contribution in [0.1, 0.15) is 49.4 Å². The number of hydrogen-bond acceptors (Lipinski definition) is 7. The fourth-order valence-corrected chi connectivity index (χ4v) is 5.58. The van der Waals surface area contributed by atoms with Gasteiger partial charge in [-0.3, -0.25) is 0 Å². The second-order valence-electron chi connectivity index (χ2n) is 9.55. The van der Waals surface area contributed by atoms with Crippen molar-refractivity contribution >= 4 is 35.3 Å². The SMILES string of the molecule is CCCCSc1nc2n(n1)C(c1ccc(OCc3c(F)cccc3Cl)cc1)C(C(=O)OCc1ccccc1)=C(C)N2. The van der Waals surface area contributed by atoms with Gasteiger partial charge in [-0.25, -0.2) is 13.9 Å². The number of rotatable bonds is 11. The molecule has 0 fully saturated rings. The molecule has 1 aliphatic rings. The number of esters is 1. The summed E-state index contributed by atoms with van der Waals surface area (Å²) < 4.78 is 27.5. The first kappa shape index (κ1) is 28.7. The summed E-state index contributed by atoms with van der Waals surface area (Å²) in [6.45, 7) is 4.11. The van der Waals surface area contributed by atoms with E-state index in [-0.39, 0.29) is 13.2 Å². The van der Waals surface area contributed by atoms with E-state index in [1.54, 1.807) is 40.7 Å². The third kappa shape index (κ3) is 6.74. The summed E-state index contributed by atoms with van der Waals surface area (Å²) in [5.41, 5.74) is 3.07. The van der Waals surface area contributed by atoms with Gasteiger partial charge in [0.15, 0.2) is 0 Å². The molecule has 7 nitrogen and oxygen atoms in total. The Kier molecular flexibility index (Phi) is 9.26. The van der Waals surface area contributed by atoms with Gasteiger partial charge in [0.05, 0.1) is 10.6 Å². The average Bonchev–Trinajstić information content (AvgIpc) is 3.38. The molecule has 2 heterocycles. The third-order valence-electron chi connectivity index (χ3n) is 6.64. The summed E-state index contributed by atoms with van der Waals surface area (Å²) in [6.07, 6.45) is 2.14. The summed E-state index contributed by atoms with van der Waals surface area (Å²) in [5.74, 6) is 1.13. The Hall–Kier alpha value is -3.82. The molecule has 10 heteroatoms. The molecule has 1 N–H and O–H groups in total. The van der Waals surface area contributed by atoms with Crippen LogP contribution in [0.25, 0.3) is 0 Å². The number of thioether (sulfide) groups is 1. The van der Waals surface area contributed by atoms with Crippen LogP contribution in [0.15, 0.2) is 89.2 Å². The highest BCUT2D eigenvalue weighted by atomic mass is 35.5. The lowest BCUT2D eigenvalue weighted by Gasteiger charge is -2.28. The Labute approximate surface area is 247 Å². The van der Waals surface area contributed by atoms with Crippen LogP contribution in [-0.2, 0) is 22.7 Å². The summed E-state index contributed by atoms with van der Waals surface area (Å²) in [4.78, 5) is 18.2. The lowest BCUT2D eigenvalue weighted by atomic mass is 9.95. The van der Waals surface area contributed by atoms with Crippen LogP contribution in [0.5, 0.6) is 5.75 Å². The van der Waals surface area contributed by atoms with E-state index in [1.807, 2.05) is 49.4 Å². The minimum Gasteiger partial charge on any atom is -0.489 e. The van der Waals surface area contributed by atoms with Gasteiger partial charge in [-0.05, 0) is 48.7 Å². The predicted octanol–water partition coefficient (Wildman–Crippen LogP) is 7.57.